The van der Waals surface area contributed by atoms with E-state index in [1.165, 1.54) is 14.2 Å². The Bertz CT molecular complexity index is 454. The quantitative estimate of drug-likeness (QED) is 0.829. The number of amides is 1. The number of anilines is 1. The first-order chi connectivity index (χ1) is 9.03. The maximum absolute atomic E-state index is 11.8. The van der Waals surface area contributed by atoms with Crippen LogP contribution in [0.25, 0.3) is 0 Å². The largest absolute Gasteiger partial charge is 0.493 e. The molecule has 7 heteroatoms. The average molecular weight is 305 g/mol. The van der Waals surface area contributed by atoms with Crippen LogP contribution in [0, 0.1) is 6.92 Å². The van der Waals surface area contributed by atoms with Gasteiger partial charge in [0.15, 0.2) is 11.5 Å². The van der Waals surface area contributed by atoms with Gasteiger partial charge >= 0.3 is 0 Å². The first-order valence-electron chi connectivity index (χ1n) is 5.81. The molecule has 6 nitrogen and oxygen atoms in total. The summed E-state index contributed by atoms with van der Waals surface area (Å²) in [5.74, 6) is 0.847. The van der Waals surface area contributed by atoms with Gasteiger partial charge in [0.2, 0.25) is 5.91 Å². The molecule has 114 valence electrons. The van der Waals surface area contributed by atoms with E-state index in [9.17, 15) is 4.79 Å². The molecule has 1 atom stereocenters. The molecule has 0 aliphatic carbocycles. The highest BCUT2D eigenvalue weighted by Crippen LogP contribution is 2.32. The molecule has 1 aromatic rings. The average Bonchev–Trinajstić information content (AvgIpc) is 2.40. The van der Waals surface area contributed by atoms with Crippen LogP contribution in [0.2, 0.25) is 0 Å². The van der Waals surface area contributed by atoms with Gasteiger partial charge in [0.25, 0.3) is 0 Å². The molecule has 3 N–H and O–H groups in total. The molecule has 0 heterocycles. The van der Waals surface area contributed by atoms with E-state index in [1.807, 2.05) is 6.92 Å². The fourth-order valence-corrected chi connectivity index (χ4v) is 1.60. The normalized spacial score (nSPS) is 11.2. The van der Waals surface area contributed by atoms with Gasteiger partial charge in [-0.25, -0.2) is 0 Å². The van der Waals surface area contributed by atoms with E-state index in [2.05, 4.69) is 5.32 Å². The number of ether oxygens (including phenoxy) is 3. The van der Waals surface area contributed by atoms with Crippen LogP contribution in [0.1, 0.15) is 5.56 Å². The summed E-state index contributed by atoms with van der Waals surface area (Å²) in [5, 5.41) is 2.74. The van der Waals surface area contributed by atoms with Crippen molar-refractivity contribution in [2.45, 2.75) is 13.0 Å². The van der Waals surface area contributed by atoms with Gasteiger partial charge in [0.1, 0.15) is 6.04 Å². The van der Waals surface area contributed by atoms with Crippen LogP contribution in [0.3, 0.4) is 0 Å². The Morgan fingerprint density at radius 3 is 2.30 bits per heavy atom. The molecule has 0 aliphatic rings. The van der Waals surface area contributed by atoms with Crippen molar-refractivity contribution in [2.24, 2.45) is 5.73 Å². The van der Waals surface area contributed by atoms with E-state index in [0.717, 1.165) is 5.56 Å². The minimum Gasteiger partial charge on any atom is -0.493 e. The minimum absolute atomic E-state index is 0. The van der Waals surface area contributed by atoms with Gasteiger partial charge in [0, 0.05) is 18.9 Å². The summed E-state index contributed by atoms with van der Waals surface area (Å²) in [6.07, 6.45) is 0. The zero-order chi connectivity index (χ0) is 14.4. The Morgan fingerprint density at radius 1 is 1.25 bits per heavy atom. The molecule has 1 amide bonds. The van der Waals surface area contributed by atoms with Crippen molar-refractivity contribution in [2.75, 3.05) is 33.3 Å². The monoisotopic (exact) mass is 304 g/mol. The van der Waals surface area contributed by atoms with Gasteiger partial charge in [-0.3, -0.25) is 4.79 Å². The molecule has 1 unspecified atom stereocenters. The molecule has 1 aromatic carbocycles. The van der Waals surface area contributed by atoms with Crippen LogP contribution in [-0.4, -0.2) is 39.9 Å². The number of halogens is 1. The fraction of sp³-hybridized carbons (Fsp3) is 0.462. The first-order valence-corrected chi connectivity index (χ1v) is 5.81. The highest BCUT2D eigenvalue weighted by atomic mass is 35.5. The number of nitrogens with one attached hydrogen (secondary N) is 1. The van der Waals surface area contributed by atoms with E-state index >= 15 is 0 Å². The molecule has 0 radical (unpaired) electrons. The lowest BCUT2D eigenvalue weighted by Gasteiger charge is -2.15. The molecule has 0 saturated heterocycles. The zero-order valence-corrected chi connectivity index (χ0v) is 12.9. The summed E-state index contributed by atoms with van der Waals surface area (Å²) < 4.78 is 15.2. The third-order valence-electron chi connectivity index (χ3n) is 2.67. The summed E-state index contributed by atoms with van der Waals surface area (Å²) in [6.45, 7) is 2.03. The van der Waals surface area contributed by atoms with Crippen molar-refractivity contribution in [3.63, 3.8) is 0 Å². The molecule has 0 aliphatic heterocycles. The van der Waals surface area contributed by atoms with Crippen molar-refractivity contribution in [3.05, 3.63) is 17.7 Å². The Balaban J connectivity index is 0.00000361. The van der Waals surface area contributed by atoms with Gasteiger partial charge in [-0.15, -0.1) is 12.4 Å². The summed E-state index contributed by atoms with van der Waals surface area (Å²) in [5.41, 5.74) is 7.15. The van der Waals surface area contributed by atoms with E-state index in [-0.39, 0.29) is 24.9 Å². The van der Waals surface area contributed by atoms with Crippen molar-refractivity contribution >= 4 is 24.0 Å². The predicted octanol–water partition coefficient (Wildman–Crippen LogP) is 1.35. The van der Waals surface area contributed by atoms with Gasteiger partial charge in [0.05, 0.1) is 20.8 Å². The van der Waals surface area contributed by atoms with E-state index in [1.54, 1.807) is 19.2 Å². The highest BCUT2D eigenvalue weighted by molar-refractivity contribution is 5.95. The second-order valence-electron chi connectivity index (χ2n) is 4.07. The van der Waals surface area contributed by atoms with Crippen molar-refractivity contribution < 1.29 is 19.0 Å². The number of rotatable bonds is 6. The van der Waals surface area contributed by atoms with Crippen LogP contribution in [0.15, 0.2) is 12.1 Å². The number of carbonyl (C=O) groups excluding carboxylic acids is 1. The predicted molar refractivity (Wildman–Crippen MR) is 80.0 cm³/mol. The van der Waals surface area contributed by atoms with Gasteiger partial charge < -0.3 is 25.3 Å². The van der Waals surface area contributed by atoms with Crippen molar-refractivity contribution in [3.8, 4) is 11.5 Å². The number of hydrogen-bond donors (Lipinski definition) is 2. The lowest BCUT2D eigenvalue weighted by Crippen LogP contribution is -2.39. The Hall–Kier alpha value is -1.50. The smallest absolute Gasteiger partial charge is 0.243 e. The topological polar surface area (TPSA) is 82.8 Å². The highest BCUT2D eigenvalue weighted by Gasteiger charge is 2.16. The summed E-state index contributed by atoms with van der Waals surface area (Å²) in [4.78, 5) is 11.8. The van der Waals surface area contributed by atoms with E-state index in [0.29, 0.717) is 17.2 Å². The second kappa shape index (κ2) is 8.63. The van der Waals surface area contributed by atoms with Crippen molar-refractivity contribution in [1.29, 1.82) is 0 Å². The maximum atomic E-state index is 11.8. The SMILES string of the molecule is COCC(N)C(=O)Nc1cc(OC)c(OC)cc1C.Cl. The van der Waals surface area contributed by atoms with Crippen LogP contribution >= 0.6 is 12.4 Å². The lowest BCUT2D eigenvalue weighted by molar-refractivity contribution is -0.118. The second-order valence-corrected chi connectivity index (χ2v) is 4.07. The molecule has 0 bridgehead atoms. The molecule has 0 spiro atoms. The van der Waals surface area contributed by atoms with Gasteiger partial charge in [-0.2, -0.15) is 0 Å². The van der Waals surface area contributed by atoms with Gasteiger partial charge in [-0.1, -0.05) is 0 Å². The number of carbonyl (C=O) groups is 1. The molecule has 0 saturated carbocycles. The van der Waals surface area contributed by atoms with Gasteiger partial charge in [-0.05, 0) is 18.6 Å². The van der Waals surface area contributed by atoms with E-state index < -0.39 is 6.04 Å². The Labute approximate surface area is 125 Å². The van der Waals surface area contributed by atoms with Crippen LogP contribution in [-0.2, 0) is 9.53 Å². The number of nitrogens with two attached hydrogens (primary N) is 1. The molecule has 20 heavy (non-hydrogen) atoms. The molecule has 0 aromatic heterocycles. The Kier molecular flexibility index (Phi) is 7.98. The zero-order valence-electron chi connectivity index (χ0n) is 12.1. The number of aryl methyl sites for hydroxylation is 1. The van der Waals surface area contributed by atoms with Crippen LogP contribution in [0.5, 0.6) is 11.5 Å². The van der Waals surface area contributed by atoms with E-state index in [4.69, 9.17) is 19.9 Å². The number of hydrogen-bond acceptors (Lipinski definition) is 5. The number of benzene rings is 1. The third kappa shape index (κ3) is 4.56. The minimum atomic E-state index is -0.711. The summed E-state index contributed by atoms with van der Waals surface area (Å²) >= 11 is 0. The fourth-order valence-electron chi connectivity index (χ4n) is 1.60. The molecule has 1 rings (SSSR count). The first kappa shape index (κ1) is 18.5. The van der Waals surface area contributed by atoms with Crippen molar-refractivity contribution in [1.82, 2.24) is 0 Å². The molecular weight excluding hydrogens is 284 g/mol. The summed E-state index contributed by atoms with van der Waals surface area (Å²) in [6, 6.07) is 2.78. The standard InChI is InChI=1S/C13H20N2O4.ClH/c1-8-5-11(18-3)12(19-4)6-10(8)15-13(16)9(14)7-17-2;/h5-6,9H,7,14H2,1-4H3,(H,15,16);1H. The summed E-state index contributed by atoms with van der Waals surface area (Å²) in [7, 11) is 4.59. The maximum Gasteiger partial charge on any atom is 0.243 e. The molecule has 0 fully saturated rings. The number of methoxy groups -OCH3 is 3. The Morgan fingerprint density at radius 2 is 1.80 bits per heavy atom. The van der Waals surface area contributed by atoms with Crippen LogP contribution in [0.4, 0.5) is 5.69 Å². The lowest BCUT2D eigenvalue weighted by atomic mass is 10.1. The molecular formula is C13H21ClN2O4. The third-order valence-corrected chi connectivity index (χ3v) is 2.67. The van der Waals surface area contributed by atoms with Crippen LogP contribution < -0.4 is 20.5 Å².